The number of halogens is 3. The van der Waals surface area contributed by atoms with Crippen LogP contribution in [-0.2, 0) is 10.0 Å². The van der Waals surface area contributed by atoms with Crippen molar-refractivity contribution in [2.75, 3.05) is 0 Å². The molecule has 0 amide bonds. The average molecular weight is 343 g/mol. The van der Waals surface area contributed by atoms with Crippen LogP contribution in [0.4, 0.5) is 13.2 Å². The van der Waals surface area contributed by atoms with Crippen molar-refractivity contribution in [1.29, 1.82) is 0 Å². The van der Waals surface area contributed by atoms with Gasteiger partial charge in [0.05, 0.1) is 4.90 Å². The Morgan fingerprint density at radius 1 is 0.870 bits per heavy atom. The number of hydrogen-bond acceptors (Lipinski definition) is 2. The minimum Gasteiger partial charge on any atom is -0.207 e. The fraction of sp³-hybridized carbons (Fsp3) is 0.250. The standard InChI is InChI=1S/C16H16F3NO2S/c1-11-3-7-13(8-4-11)15(16(17,18)19)20-23(21,22)14-9-5-12(2)6-10-14/h3-10,15,20H,1-2H3/t15-/m1/s1. The van der Waals surface area contributed by atoms with E-state index in [1.807, 2.05) is 0 Å². The maximum Gasteiger partial charge on any atom is 0.408 e. The Bertz CT molecular complexity index is 766. The van der Waals surface area contributed by atoms with Crippen LogP contribution in [0.15, 0.2) is 53.4 Å². The first kappa shape index (κ1) is 17.5. The Kier molecular flexibility index (Phi) is 4.81. The van der Waals surface area contributed by atoms with Crippen LogP contribution < -0.4 is 4.72 Å². The van der Waals surface area contributed by atoms with Gasteiger partial charge in [-0.25, -0.2) is 8.42 Å². The Labute approximate surface area is 133 Å². The van der Waals surface area contributed by atoms with Crippen molar-refractivity contribution < 1.29 is 21.6 Å². The highest BCUT2D eigenvalue weighted by Gasteiger charge is 2.43. The van der Waals surface area contributed by atoms with E-state index in [-0.39, 0.29) is 10.5 Å². The fourth-order valence-corrected chi connectivity index (χ4v) is 3.23. The van der Waals surface area contributed by atoms with E-state index in [4.69, 9.17) is 0 Å². The van der Waals surface area contributed by atoms with Crippen LogP contribution in [0, 0.1) is 13.8 Å². The lowest BCUT2D eigenvalue weighted by molar-refractivity contribution is -0.153. The number of sulfonamides is 1. The molecule has 0 fully saturated rings. The lowest BCUT2D eigenvalue weighted by atomic mass is 10.1. The molecule has 124 valence electrons. The number of rotatable bonds is 4. The third-order valence-electron chi connectivity index (χ3n) is 3.34. The summed E-state index contributed by atoms with van der Waals surface area (Å²) >= 11 is 0. The molecule has 0 spiro atoms. The van der Waals surface area contributed by atoms with E-state index in [9.17, 15) is 21.6 Å². The second-order valence-electron chi connectivity index (χ2n) is 5.32. The molecule has 2 aromatic carbocycles. The summed E-state index contributed by atoms with van der Waals surface area (Å²) in [6.07, 6.45) is -4.74. The van der Waals surface area contributed by atoms with Gasteiger partial charge in [-0.1, -0.05) is 47.5 Å². The number of hydrogen-bond donors (Lipinski definition) is 1. The summed E-state index contributed by atoms with van der Waals surface area (Å²) in [5, 5.41) is 0. The lowest BCUT2D eigenvalue weighted by Gasteiger charge is -2.22. The molecule has 0 aliphatic carbocycles. The van der Waals surface area contributed by atoms with E-state index >= 15 is 0 Å². The van der Waals surface area contributed by atoms with Crippen molar-refractivity contribution in [2.24, 2.45) is 0 Å². The first-order valence-electron chi connectivity index (χ1n) is 6.82. The van der Waals surface area contributed by atoms with Gasteiger partial charge in [-0.3, -0.25) is 0 Å². The normalized spacial score (nSPS) is 13.8. The Balaban J connectivity index is 2.38. The minimum atomic E-state index is -4.74. The van der Waals surface area contributed by atoms with Gasteiger partial charge >= 0.3 is 6.18 Å². The van der Waals surface area contributed by atoms with Crippen molar-refractivity contribution in [1.82, 2.24) is 4.72 Å². The molecule has 0 radical (unpaired) electrons. The van der Waals surface area contributed by atoms with Gasteiger partial charge in [0, 0.05) is 0 Å². The van der Waals surface area contributed by atoms with Crippen molar-refractivity contribution >= 4 is 10.0 Å². The number of alkyl halides is 3. The molecular formula is C16H16F3NO2S. The van der Waals surface area contributed by atoms with Crippen LogP contribution in [0.2, 0.25) is 0 Å². The van der Waals surface area contributed by atoms with Gasteiger partial charge in [0.25, 0.3) is 0 Å². The van der Waals surface area contributed by atoms with Crippen molar-refractivity contribution in [3.05, 3.63) is 65.2 Å². The second kappa shape index (κ2) is 6.33. The molecule has 0 bridgehead atoms. The molecule has 0 saturated carbocycles. The summed E-state index contributed by atoms with van der Waals surface area (Å²) in [7, 11) is -4.29. The molecule has 7 heteroatoms. The van der Waals surface area contributed by atoms with Gasteiger partial charge in [-0.05, 0) is 31.5 Å². The molecule has 0 aliphatic rings. The van der Waals surface area contributed by atoms with Crippen LogP contribution in [0.5, 0.6) is 0 Å². The van der Waals surface area contributed by atoms with E-state index in [1.54, 1.807) is 18.6 Å². The zero-order chi connectivity index (χ0) is 17.3. The Hall–Kier alpha value is -1.86. The molecule has 2 rings (SSSR count). The van der Waals surface area contributed by atoms with Gasteiger partial charge < -0.3 is 0 Å². The number of aryl methyl sites for hydroxylation is 2. The van der Waals surface area contributed by atoms with Gasteiger partial charge in [-0.2, -0.15) is 17.9 Å². The third-order valence-corrected chi connectivity index (χ3v) is 4.78. The smallest absolute Gasteiger partial charge is 0.207 e. The van der Waals surface area contributed by atoms with Crippen molar-refractivity contribution in [3.8, 4) is 0 Å². The molecule has 1 atom stereocenters. The van der Waals surface area contributed by atoms with Gasteiger partial charge in [0.15, 0.2) is 0 Å². The summed E-state index contributed by atoms with van der Waals surface area (Å²) in [6, 6.07) is 8.88. The quantitative estimate of drug-likeness (QED) is 0.916. The fourth-order valence-electron chi connectivity index (χ4n) is 2.02. The molecule has 2 aromatic rings. The maximum absolute atomic E-state index is 13.3. The highest BCUT2D eigenvalue weighted by atomic mass is 32.2. The predicted octanol–water partition coefficient (Wildman–Crippen LogP) is 3.89. The number of benzene rings is 2. The highest BCUT2D eigenvalue weighted by molar-refractivity contribution is 7.89. The number of nitrogens with one attached hydrogen (secondary N) is 1. The summed E-state index contributed by atoms with van der Waals surface area (Å²) in [5.41, 5.74) is 1.45. The van der Waals surface area contributed by atoms with Gasteiger partial charge in [0.2, 0.25) is 10.0 Å². The third kappa shape index (κ3) is 4.33. The summed E-state index contributed by atoms with van der Waals surface area (Å²) < 4.78 is 66.1. The van der Waals surface area contributed by atoms with E-state index < -0.39 is 22.2 Å². The van der Waals surface area contributed by atoms with Crippen LogP contribution in [0.25, 0.3) is 0 Å². The topological polar surface area (TPSA) is 46.2 Å². The van der Waals surface area contributed by atoms with E-state index in [2.05, 4.69) is 0 Å². The maximum atomic E-state index is 13.3. The molecule has 1 N–H and O–H groups in total. The van der Waals surface area contributed by atoms with E-state index in [0.29, 0.717) is 0 Å². The SMILES string of the molecule is Cc1ccc([C@@H](NS(=O)(=O)c2ccc(C)cc2)C(F)(F)F)cc1. The molecule has 0 unspecified atom stereocenters. The van der Waals surface area contributed by atoms with E-state index in [1.165, 1.54) is 48.5 Å². The molecule has 0 heterocycles. The van der Waals surface area contributed by atoms with Crippen LogP contribution in [0.1, 0.15) is 22.7 Å². The molecule has 0 aromatic heterocycles. The zero-order valence-corrected chi connectivity index (χ0v) is 13.4. The molecule has 23 heavy (non-hydrogen) atoms. The largest absolute Gasteiger partial charge is 0.408 e. The lowest BCUT2D eigenvalue weighted by Crippen LogP contribution is -2.38. The second-order valence-corrected chi connectivity index (χ2v) is 7.03. The molecule has 0 saturated heterocycles. The zero-order valence-electron chi connectivity index (χ0n) is 12.6. The monoisotopic (exact) mass is 343 g/mol. The summed E-state index contributed by atoms with van der Waals surface area (Å²) in [4.78, 5) is -0.204. The van der Waals surface area contributed by atoms with Gasteiger partial charge in [-0.15, -0.1) is 0 Å². The van der Waals surface area contributed by atoms with Crippen molar-refractivity contribution in [2.45, 2.75) is 31.0 Å². The van der Waals surface area contributed by atoms with Crippen molar-refractivity contribution in [3.63, 3.8) is 0 Å². The summed E-state index contributed by atoms with van der Waals surface area (Å²) in [6.45, 7) is 3.50. The molecule has 0 aliphatic heterocycles. The highest BCUT2D eigenvalue weighted by Crippen LogP contribution is 2.34. The van der Waals surface area contributed by atoms with E-state index in [0.717, 1.165) is 11.1 Å². The van der Waals surface area contributed by atoms with Crippen LogP contribution >= 0.6 is 0 Å². The predicted molar refractivity (Wildman–Crippen MR) is 81.5 cm³/mol. The minimum absolute atomic E-state index is 0.154. The Morgan fingerprint density at radius 2 is 1.30 bits per heavy atom. The van der Waals surface area contributed by atoms with Gasteiger partial charge in [0.1, 0.15) is 6.04 Å². The van der Waals surface area contributed by atoms with Crippen LogP contribution in [0.3, 0.4) is 0 Å². The average Bonchev–Trinajstić information content (AvgIpc) is 2.45. The van der Waals surface area contributed by atoms with Crippen LogP contribution in [-0.4, -0.2) is 14.6 Å². The first-order chi connectivity index (χ1) is 10.6. The summed E-state index contributed by atoms with van der Waals surface area (Å²) in [5.74, 6) is 0. The molecule has 3 nitrogen and oxygen atoms in total. The first-order valence-corrected chi connectivity index (χ1v) is 8.30. The Morgan fingerprint density at radius 3 is 1.74 bits per heavy atom. The molecular weight excluding hydrogens is 327 g/mol.